The molecule has 0 saturated heterocycles. The van der Waals surface area contributed by atoms with E-state index >= 15 is 0 Å². The summed E-state index contributed by atoms with van der Waals surface area (Å²) in [5.41, 5.74) is 1.11. The molecule has 1 unspecified atom stereocenters. The predicted molar refractivity (Wildman–Crippen MR) is 76.2 cm³/mol. The molecule has 0 aromatic carbocycles. The minimum Gasteiger partial charge on any atom is -0.382 e. The van der Waals surface area contributed by atoms with Crippen molar-refractivity contribution < 1.29 is 4.74 Å². The highest BCUT2D eigenvalue weighted by Gasteiger charge is 2.38. The molecular formula is C14H24N2OS. The number of ether oxygens (including phenoxy) is 1. The van der Waals surface area contributed by atoms with Crippen molar-refractivity contribution in [1.29, 1.82) is 0 Å². The van der Waals surface area contributed by atoms with Gasteiger partial charge in [-0.1, -0.05) is 20.8 Å². The quantitative estimate of drug-likeness (QED) is 0.824. The zero-order chi connectivity index (χ0) is 13.2. The molecule has 1 saturated carbocycles. The number of nitrogens with one attached hydrogen (secondary N) is 1. The molecule has 102 valence electrons. The van der Waals surface area contributed by atoms with Gasteiger partial charge in [-0.15, -0.1) is 11.3 Å². The average Bonchev–Trinajstić information content (AvgIpc) is 3.00. The van der Waals surface area contributed by atoms with Crippen LogP contribution in [0.2, 0.25) is 0 Å². The summed E-state index contributed by atoms with van der Waals surface area (Å²) in [5, 5.41) is 7.12. The maximum Gasteiger partial charge on any atom is 0.115 e. The normalized spacial score (nSPS) is 19.2. The first-order chi connectivity index (χ1) is 8.61. The first-order valence-corrected chi connectivity index (χ1v) is 7.72. The van der Waals surface area contributed by atoms with E-state index in [1.54, 1.807) is 18.4 Å². The van der Waals surface area contributed by atoms with Crippen LogP contribution in [0.5, 0.6) is 0 Å². The van der Waals surface area contributed by atoms with Crippen molar-refractivity contribution in [3.8, 4) is 0 Å². The topological polar surface area (TPSA) is 34.1 Å². The fourth-order valence-corrected chi connectivity index (χ4v) is 3.36. The van der Waals surface area contributed by atoms with Gasteiger partial charge in [0.05, 0.1) is 17.8 Å². The molecule has 1 N–H and O–H groups in total. The van der Waals surface area contributed by atoms with Gasteiger partial charge < -0.3 is 10.1 Å². The zero-order valence-corrected chi connectivity index (χ0v) is 12.6. The molecule has 18 heavy (non-hydrogen) atoms. The monoisotopic (exact) mass is 268 g/mol. The van der Waals surface area contributed by atoms with E-state index in [1.807, 2.05) is 0 Å². The van der Waals surface area contributed by atoms with Crippen LogP contribution < -0.4 is 5.32 Å². The minimum atomic E-state index is -0.0896. The number of methoxy groups -OCH3 is 1. The van der Waals surface area contributed by atoms with E-state index in [1.165, 1.54) is 23.5 Å². The minimum absolute atomic E-state index is 0.0896. The molecule has 0 radical (unpaired) electrons. The molecular weight excluding hydrogens is 244 g/mol. The third-order valence-corrected chi connectivity index (χ3v) is 4.64. The van der Waals surface area contributed by atoms with Gasteiger partial charge >= 0.3 is 0 Å². The molecule has 1 aliphatic carbocycles. The Morgan fingerprint density at radius 1 is 1.56 bits per heavy atom. The van der Waals surface area contributed by atoms with Gasteiger partial charge in [0, 0.05) is 18.5 Å². The summed E-state index contributed by atoms with van der Waals surface area (Å²) in [6.45, 7) is 7.30. The molecule has 0 bridgehead atoms. The Morgan fingerprint density at radius 3 is 2.72 bits per heavy atom. The molecule has 1 fully saturated rings. The second-order valence-corrected chi connectivity index (χ2v) is 6.38. The van der Waals surface area contributed by atoms with E-state index in [0.29, 0.717) is 18.6 Å². The summed E-state index contributed by atoms with van der Waals surface area (Å²) in [4.78, 5) is 4.83. The van der Waals surface area contributed by atoms with Crippen molar-refractivity contribution in [2.45, 2.75) is 57.5 Å². The molecule has 2 rings (SSSR count). The Kier molecular flexibility index (Phi) is 4.41. The Balaban J connectivity index is 2.24. The SMILES string of the molecule is CCC(COC)(NC1CC1)c1nc(C(C)C)cs1. The number of rotatable bonds is 7. The van der Waals surface area contributed by atoms with Crippen molar-refractivity contribution in [3.05, 3.63) is 16.1 Å². The van der Waals surface area contributed by atoms with Crippen LogP contribution in [0.1, 0.15) is 56.7 Å². The lowest BCUT2D eigenvalue weighted by Gasteiger charge is -2.31. The van der Waals surface area contributed by atoms with Gasteiger partial charge in [0.1, 0.15) is 5.01 Å². The number of aromatic nitrogens is 1. The highest BCUT2D eigenvalue weighted by Crippen LogP contribution is 2.34. The summed E-state index contributed by atoms with van der Waals surface area (Å²) in [6, 6.07) is 0.659. The van der Waals surface area contributed by atoms with Crippen molar-refractivity contribution in [2.24, 2.45) is 0 Å². The number of hydrogen-bond donors (Lipinski definition) is 1. The van der Waals surface area contributed by atoms with Gasteiger partial charge in [0.15, 0.2) is 0 Å². The second-order valence-electron chi connectivity index (χ2n) is 5.52. The van der Waals surface area contributed by atoms with E-state index in [4.69, 9.17) is 9.72 Å². The van der Waals surface area contributed by atoms with Crippen LogP contribution in [0.15, 0.2) is 5.38 Å². The molecule has 1 heterocycles. The predicted octanol–water partition coefficient (Wildman–Crippen LogP) is 3.27. The van der Waals surface area contributed by atoms with Gasteiger partial charge in [-0.2, -0.15) is 0 Å². The van der Waals surface area contributed by atoms with E-state index in [0.717, 1.165) is 6.42 Å². The van der Waals surface area contributed by atoms with Gasteiger partial charge in [-0.05, 0) is 25.2 Å². The van der Waals surface area contributed by atoms with Crippen molar-refractivity contribution in [1.82, 2.24) is 10.3 Å². The summed E-state index contributed by atoms with van der Waals surface area (Å²) in [5.74, 6) is 0.494. The highest BCUT2D eigenvalue weighted by molar-refractivity contribution is 7.09. The largest absolute Gasteiger partial charge is 0.382 e. The number of hydrogen-bond acceptors (Lipinski definition) is 4. The first-order valence-electron chi connectivity index (χ1n) is 6.84. The van der Waals surface area contributed by atoms with Gasteiger partial charge in [-0.3, -0.25) is 0 Å². The van der Waals surface area contributed by atoms with Crippen LogP contribution in [-0.2, 0) is 10.3 Å². The van der Waals surface area contributed by atoms with Crippen LogP contribution in [0, 0.1) is 0 Å². The van der Waals surface area contributed by atoms with Crippen LogP contribution in [0.25, 0.3) is 0 Å². The fourth-order valence-electron chi connectivity index (χ4n) is 2.16. The molecule has 0 aliphatic heterocycles. The molecule has 1 aromatic rings. The summed E-state index contributed by atoms with van der Waals surface area (Å²) in [6.07, 6.45) is 3.59. The number of thiazole rings is 1. The van der Waals surface area contributed by atoms with Gasteiger partial charge in [0.25, 0.3) is 0 Å². The van der Waals surface area contributed by atoms with E-state index in [2.05, 4.69) is 31.5 Å². The summed E-state index contributed by atoms with van der Waals surface area (Å²) < 4.78 is 5.46. The fraction of sp³-hybridized carbons (Fsp3) is 0.786. The highest BCUT2D eigenvalue weighted by atomic mass is 32.1. The Labute approximate surface area is 114 Å². The van der Waals surface area contributed by atoms with Gasteiger partial charge in [0.2, 0.25) is 0 Å². The van der Waals surface area contributed by atoms with E-state index in [9.17, 15) is 0 Å². The Bertz CT molecular complexity index is 387. The van der Waals surface area contributed by atoms with Crippen LogP contribution in [0.4, 0.5) is 0 Å². The zero-order valence-electron chi connectivity index (χ0n) is 11.8. The van der Waals surface area contributed by atoms with E-state index < -0.39 is 0 Å². The third kappa shape index (κ3) is 2.92. The molecule has 3 nitrogen and oxygen atoms in total. The van der Waals surface area contributed by atoms with Crippen LogP contribution in [-0.4, -0.2) is 24.7 Å². The Hall–Kier alpha value is -0.450. The van der Waals surface area contributed by atoms with Crippen molar-refractivity contribution in [2.75, 3.05) is 13.7 Å². The van der Waals surface area contributed by atoms with Crippen LogP contribution >= 0.6 is 11.3 Å². The molecule has 0 spiro atoms. The molecule has 1 aromatic heterocycles. The molecule has 0 amide bonds. The average molecular weight is 268 g/mol. The third-order valence-electron chi connectivity index (χ3n) is 3.57. The molecule has 4 heteroatoms. The lowest BCUT2D eigenvalue weighted by molar-refractivity contribution is 0.103. The summed E-state index contributed by atoms with van der Waals surface area (Å²) >= 11 is 1.77. The lowest BCUT2D eigenvalue weighted by atomic mass is 9.97. The standard InChI is InChI=1S/C14H24N2OS/c1-5-14(9-17-4,16-11-6-7-11)13-15-12(8-18-13)10(2)3/h8,10-11,16H,5-7,9H2,1-4H3. The first kappa shape index (κ1) is 14.0. The molecule has 1 atom stereocenters. The Morgan fingerprint density at radius 2 is 2.28 bits per heavy atom. The lowest BCUT2D eigenvalue weighted by Crippen LogP contribution is -2.46. The van der Waals surface area contributed by atoms with Crippen LogP contribution in [0.3, 0.4) is 0 Å². The van der Waals surface area contributed by atoms with Crippen molar-refractivity contribution in [3.63, 3.8) is 0 Å². The van der Waals surface area contributed by atoms with E-state index in [-0.39, 0.29) is 5.54 Å². The maximum atomic E-state index is 5.46. The summed E-state index contributed by atoms with van der Waals surface area (Å²) in [7, 11) is 1.77. The van der Waals surface area contributed by atoms with Crippen molar-refractivity contribution >= 4 is 11.3 Å². The maximum absolute atomic E-state index is 5.46. The number of nitrogens with zero attached hydrogens (tertiary/aromatic N) is 1. The van der Waals surface area contributed by atoms with Gasteiger partial charge in [-0.25, -0.2) is 4.98 Å². The molecule has 1 aliphatic rings. The smallest absolute Gasteiger partial charge is 0.115 e. The second kappa shape index (κ2) is 5.68.